The number of benzene rings is 1. The fourth-order valence-corrected chi connectivity index (χ4v) is 2.55. The van der Waals surface area contributed by atoms with E-state index >= 15 is 0 Å². The summed E-state index contributed by atoms with van der Waals surface area (Å²) in [4.78, 5) is 34.8. The molecule has 162 valence electrons. The fraction of sp³-hybridized carbons (Fsp3) is 0.550. The number of alkyl carbamates (subject to hydrolysis) is 1. The number of rotatable bonds is 11. The number of amides is 1. The molecule has 0 aliphatic rings. The molecule has 0 aliphatic heterocycles. The van der Waals surface area contributed by atoms with Crippen LogP contribution in [0, 0.1) is 5.92 Å². The fourth-order valence-electron chi connectivity index (χ4n) is 2.55. The SMILES string of the molecule is CC(C)(C)OC(=O)N[C@H](CCC(Cc1ccc(OCCF)cc1)C(=O)O)C(=O)O. The first kappa shape index (κ1) is 24.2. The van der Waals surface area contributed by atoms with Crippen LogP contribution < -0.4 is 10.1 Å². The Balaban J connectivity index is 2.68. The molecule has 0 aliphatic carbocycles. The minimum Gasteiger partial charge on any atom is -0.491 e. The lowest BCUT2D eigenvalue weighted by molar-refractivity contribution is -0.143. The average molecular weight is 413 g/mol. The van der Waals surface area contributed by atoms with Crippen LogP contribution in [-0.4, -0.2) is 53.2 Å². The van der Waals surface area contributed by atoms with Crippen molar-refractivity contribution in [1.29, 1.82) is 0 Å². The van der Waals surface area contributed by atoms with Crippen LogP contribution in [0.25, 0.3) is 0 Å². The van der Waals surface area contributed by atoms with Crippen LogP contribution in [0.15, 0.2) is 24.3 Å². The first-order chi connectivity index (χ1) is 13.5. The zero-order valence-electron chi connectivity index (χ0n) is 16.8. The summed E-state index contributed by atoms with van der Waals surface area (Å²) in [6, 6.07) is 5.33. The maximum Gasteiger partial charge on any atom is 0.408 e. The molecule has 0 saturated heterocycles. The lowest BCUT2D eigenvalue weighted by atomic mass is 9.93. The first-order valence-corrected chi connectivity index (χ1v) is 9.24. The topological polar surface area (TPSA) is 122 Å². The Morgan fingerprint density at radius 3 is 2.17 bits per heavy atom. The van der Waals surface area contributed by atoms with E-state index in [-0.39, 0.29) is 25.9 Å². The molecule has 29 heavy (non-hydrogen) atoms. The van der Waals surface area contributed by atoms with Crippen LogP contribution >= 0.6 is 0 Å². The standard InChI is InChI=1S/C20H28FNO7/c1-20(2,3)29-19(27)22-16(18(25)26)9-6-14(17(23)24)12-13-4-7-15(8-5-13)28-11-10-21/h4-5,7-8,14,16H,6,9-12H2,1-3H3,(H,22,27)(H,23,24)(H,25,26)/t14?,16-/m1/s1. The van der Waals surface area contributed by atoms with Gasteiger partial charge < -0.3 is 25.0 Å². The zero-order valence-corrected chi connectivity index (χ0v) is 16.8. The normalized spacial score (nSPS) is 13.2. The van der Waals surface area contributed by atoms with Crippen molar-refractivity contribution < 1.29 is 38.5 Å². The number of carbonyl (C=O) groups excluding carboxylic acids is 1. The molecule has 9 heteroatoms. The van der Waals surface area contributed by atoms with Gasteiger partial charge in [-0.25, -0.2) is 14.0 Å². The number of carboxylic acids is 2. The molecular weight excluding hydrogens is 385 g/mol. The van der Waals surface area contributed by atoms with Gasteiger partial charge >= 0.3 is 18.0 Å². The molecular formula is C20H28FNO7. The van der Waals surface area contributed by atoms with Crippen LogP contribution in [0.1, 0.15) is 39.2 Å². The van der Waals surface area contributed by atoms with E-state index < -0.39 is 42.3 Å². The number of ether oxygens (including phenoxy) is 2. The number of hydrogen-bond donors (Lipinski definition) is 3. The van der Waals surface area contributed by atoms with Crippen LogP contribution in [0.2, 0.25) is 0 Å². The first-order valence-electron chi connectivity index (χ1n) is 9.24. The Morgan fingerprint density at radius 2 is 1.69 bits per heavy atom. The van der Waals surface area contributed by atoms with Gasteiger partial charge in [0, 0.05) is 0 Å². The van der Waals surface area contributed by atoms with Gasteiger partial charge in [-0.3, -0.25) is 4.79 Å². The Hall–Kier alpha value is -2.84. The predicted octanol–water partition coefficient (Wildman–Crippen LogP) is 3.04. The number of aliphatic carboxylic acids is 2. The summed E-state index contributed by atoms with van der Waals surface area (Å²) in [5.41, 5.74) is -0.0615. The molecule has 0 bridgehead atoms. The Morgan fingerprint density at radius 1 is 1.07 bits per heavy atom. The second kappa shape index (κ2) is 11.2. The molecule has 1 unspecified atom stereocenters. The number of carbonyl (C=O) groups is 3. The molecule has 2 atom stereocenters. The Kier molecular flexibility index (Phi) is 9.37. The predicted molar refractivity (Wildman–Crippen MR) is 103 cm³/mol. The highest BCUT2D eigenvalue weighted by molar-refractivity contribution is 5.80. The lowest BCUT2D eigenvalue weighted by Crippen LogP contribution is -2.43. The van der Waals surface area contributed by atoms with E-state index in [0.29, 0.717) is 5.75 Å². The molecule has 0 spiro atoms. The van der Waals surface area contributed by atoms with E-state index in [1.165, 1.54) is 0 Å². The smallest absolute Gasteiger partial charge is 0.408 e. The third-order valence-electron chi connectivity index (χ3n) is 3.89. The molecule has 0 radical (unpaired) electrons. The van der Waals surface area contributed by atoms with Crippen molar-refractivity contribution in [1.82, 2.24) is 5.32 Å². The minimum atomic E-state index is -1.27. The van der Waals surface area contributed by atoms with E-state index in [1.807, 2.05) is 0 Å². The summed E-state index contributed by atoms with van der Waals surface area (Å²) < 4.78 is 22.3. The highest BCUT2D eigenvalue weighted by atomic mass is 19.1. The summed E-state index contributed by atoms with van der Waals surface area (Å²) in [6.07, 6.45) is -0.719. The summed E-state index contributed by atoms with van der Waals surface area (Å²) in [5, 5.41) is 21.0. The largest absolute Gasteiger partial charge is 0.491 e. The lowest BCUT2D eigenvalue weighted by Gasteiger charge is -2.22. The summed E-state index contributed by atoms with van der Waals surface area (Å²) in [7, 11) is 0. The molecule has 3 N–H and O–H groups in total. The quantitative estimate of drug-likeness (QED) is 0.510. The van der Waals surface area contributed by atoms with E-state index in [2.05, 4.69) is 5.32 Å². The Labute approximate surface area is 169 Å². The van der Waals surface area contributed by atoms with Gasteiger partial charge in [0.2, 0.25) is 0 Å². The van der Waals surface area contributed by atoms with Gasteiger partial charge in [-0.05, 0) is 57.7 Å². The molecule has 0 heterocycles. The van der Waals surface area contributed by atoms with Gasteiger partial charge in [-0.15, -0.1) is 0 Å². The van der Waals surface area contributed by atoms with Gasteiger partial charge in [0.25, 0.3) is 0 Å². The second-order valence-corrected chi connectivity index (χ2v) is 7.54. The van der Waals surface area contributed by atoms with E-state index in [9.17, 15) is 29.0 Å². The van der Waals surface area contributed by atoms with E-state index in [0.717, 1.165) is 5.56 Å². The third kappa shape index (κ3) is 9.77. The maximum absolute atomic E-state index is 12.1. The van der Waals surface area contributed by atoms with Crippen LogP contribution in [0.4, 0.5) is 9.18 Å². The molecule has 1 rings (SSSR count). The monoisotopic (exact) mass is 413 g/mol. The summed E-state index contributed by atoms with van der Waals surface area (Å²) in [5.74, 6) is -2.70. The zero-order chi connectivity index (χ0) is 22.0. The number of nitrogens with one attached hydrogen (secondary N) is 1. The van der Waals surface area contributed by atoms with Gasteiger partial charge in [0.15, 0.2) is 0 Å². The molecule has 0 saturated carbocycles. The molecule has 1 aromatic carbocycles. The number of halogens is 1. The van der Waals surface area contributed by atoms with Crippen LogP contribution in [-0.2, 0) is 20.7 Å². The van der Waals surface area contributed by atoms with Crippen molar-refractivity contribution in [3.63, 3.8) is 0 Å². The number of alkyl halides is 1. The van der Waals surface area contributed by atoms with Crippen LogP contribution in [0.5, 0.6) is 5.75 Å². The van der Waals surface area contributed by atoms with Gasteiger partial charge in [0.05, 0.1) is 5.92 Å². The highest BCUT2D eigenvalue weighted by Crippen LogP contribution is 2.19. The molecule has 0 aromatic heterocycles. The average Bonchev–Trinajstić information content (AvgIpc) is 2.61. The van der Waals surface area contributed by atoms with Gasteiger partial charge in [-0.1, -0.05) is 12.1 Å². The van der Waals surface area contributed by atoms with E-state index in [1.54, 1.807) is 45.0 Å². The third-order valence-corrected chi connectivity index (χ3v) is 3.89. The molecule has 1 amide bonds. The van der Waals surface area contributed by atoms with Crippen molar-refractivity contribution >= 4 is 18.0 Å². The number of carboxylic acid groups (broad SMARTS) is 2. The van der Waals surface area contributed by atoms with Crippen molar-refractivity contribution in [2.24, 2.45) is 5.92 Å². The van der Waals surface area contributed by atoms with Crippen molar-refractivity contribution in [2.75, 3.05) is 13.3 Å². The number of hydrogen-bond acceptors (Lipinski definition) is 5. The summed E-state index contributed by atoms with van der Waals surface area (Å²) in [6.45, 7) is 4.29. The second-order valence-electron chi connectivity index (χ2n) is 7.54. The minimum absolute atomic E-state index is 0.0438. The van der Waals surface area contributed by atoms with Crippen molar-refractivity contribution in [3.05, 3.63) is 29.8 Å². The van der Waals surface area contributed by atoms with Gasteiger partial charge in [-0.2, -0.15) is 0 Å². The maximum atomic E-state index is 12.1. The van der Waals surface area contributed by atoms with E-state index in [4.69, 9.17) is 9.47 Å². The van der Waals surface area contributed by atoms with Gasteiger partial charge in [0.1, 0.15) is 30.7 Å². The van der Waals surface area contributed by atoms with Crippen molar-refractivity contribution in [2.45, 2.75) is 51.7 Å². The summed E-state index contributed by atoms with van der Waals surface area (Å²) >= 11 is 0. The van der Waals surface area contributed by atoms with Crippen LogP contribution in [0.3, 0.4) is 0 Å². The highest BCUT2D eigenvalue weighted by Gasteiger charge is 2.27. The molecule has 0 fully saturated rings. The molecule has 1 aromatic rings. The molecule has 8 nitrogen and oxygen atoms in total. The Bertz CT molecular complexity index is 685. The van der Waals surface area contributed by atoms with Crippen molar-refractivity contribution in [3.8, 4) is 5.75 Å².